The Labute approximate surface area is 216 Å². The number of allylic oxidation sites excluding steroid dienone is 1. The predicted molar refractivity (Wildman–Crippen MR) is 147 cm³/mol. The number of nitrogens with zero attached hydrogens (tertiary/aromatic N) is 4. The van der Waals surface area contributed by atoms with E-state index in [4.69, 9.17) is 0 Å². The van der Waals surface area contributed by atoms with Crippen LogP contribution in [0.3, 0.4) is 0 Å². The van der Waals surface area contributed by atoms with Gasteiger partial charge in [0.05, 0.1) is 17.2 Å². The average Bonchev–Trinajstić information content (AvgIpc) is 3.34. The third-order valence-corrected chi connectivity index (χ3v) is 7.32. The molecule has 4 aromatic rings. The molecule has 0 bridgehead atoms. The molecule has 0 N–H and O–H groups in total. The number of unbranched alkanes of at least 4 members (excludes halogenated alkanes) is 1. The van der Waals surface area contributed by atoms with Gasteiger partial charge < -0.3 is 4.90 Å². The lowest BCUT2D eigenvalue weighted by Gasteiger charge is -2.31. The zero-order chi connectivity index (χ0) is 25.8. The second-order valence-corrected chi connectivity index (χ2v) is 9.64. The van der Waals surface area contributed by atoms with Crippen LogP contribution in [0.15, 0.2) is 67.1 Å². The number of pyridine rings is 1. The molecule has 1 aliphatic rings. The first-order valence-corrected chi connectivity index (χ1v) is 13.0. The fourth-order valence-electron chi connectivity index (χ4n) is 5.23. The molecule has 0 radical (unpaired) electrons. The molecule has 3 heterocycles. The Morgan fingerprint density at radius 1 is 1.08 bits per heavy atom. The van der Waals surface area contributed by atoms with Crippen molar-refractivity contribution in [3.8, 4) is 6.07 Å². The number of benzene rings is 2. The molecule has 1 amide bonds. The lowest BCUT2D eigenvalue weighted by molar-refractivity contribution is -0.132. The minimum absolute atomic E-state index is 0.0247. The topological polar surface area (TPSA) is 79.0 Å². The second-order valence-electron chi connectivity index (χ2n) is 9.64. The van der Waals surface area contributed by atoms with Gasteiger partial charge in [-0.2, -0.15) is 5.26 Å². The van der Waals surface area contributed by atoms with Gasteiger partial charge in [0, 0.05) is 60.4 Å². The van der Waals surface area contributed by atoms with Crippen LogP contribution in [-0.2, 0) is 4.79 Å². The van der Waals surface area contributed by atoms with E-state index < -0.39 is 0 Å². The quantitative estimate of drug-likeness (QED) is 0.296. The summed E-state index contributed by atoms with van der Waals surface area (Å²) in [6.45, 7) is 3.31. The summed E-state index contributed by atoms with van der Waals surface area (Å²) in [5.41, 5.74) is 2.97. The van der Waals surface area contributed by atoms with E-state index in [1.807, 2.05) is 71.9 Å². The van der Waals surface area contributed by atoms with Crippen LogP contribution in [0, 0.1) is 17.2 Å². The van der Waals surface area contributed by atoms with E-state index in [1.165, 1.54) is 0 Å². The van der Waals surface area contributed by atoms with Gasteiger partial charge in [0.25, 0.3) is 0 Å². The molecule has 5 rings (SSSR count). The van der Waals surface area contributed by atoms with E-state index >= 15 is 0 Å². The Bertz CT molecular complexity index is 1530. The number of para-hydroxylation sites is 1. The molecule has 0 aliphatic carbocycles. The van der Waals surface area contributed by atoms with Gasteiger partial charge in [0.1, 0.15) is 0 Å². The molecular weight excluding hydrogens is 460 g/mol. The molecule has 0 saturated carbocycles. The van der Waals surface area contributed by atoms with E-state index in [0.29, 0.717) is 37.9 Å². The number of amides is 1. The number of carbonyl (C=O) groups is 2. The van der Waals surface area contributed by atoms with Gasteiger partial charge >= 0.3 is 0 Å². The summed E-state index contributed by atoms with van der Waals surface area (Å²) in [5, 5.41) is 13.0. The maximum atomic E-state index is 13.7. The van der Waals surface area contributed by atoms with E-state index in [-0.39, 0.29) is 17.7 Å². The van der Waals surface area contributed by atoms with Gasteiger partial charge in [-0.1, -0.05) is 49.7 Å². The Morgan fingerprint density at radius 2 is 1.89 bits per heavy atom. The van der Waals surface area contributed by atoms with E-state index in [0.717, 1.165) is 45.6 Å². The van der Waals surface area contributed by atoms with Crippen LogP contribution in [-0.4, -0.2) is 39.4 Å². The maximum Gasteiger partial charge on any atom is 0.234 e. The number of aromatic nitrogens is 2. The van der Waals surface area contributed by atoms with Gasteiger partial charge in [0.2, 0.25) is 11.8 Å². The van der Waals surface area contributed by atoms with Crippen molar-refractivity contribution in [1.29, 1.82) is 5.26 Å². The summed E-state index contributed by atoms with van der Waals surface area (Å²) in [6.07, 6.45) is 11.1. The molecule has 6 heteroatoms. The van der Waals surface area contributed by atoms with Crippen LogP contribution >= 0.6 is 0 Å². The van der Waals surface area contributed by atoms with Crippen molar-refractivity contribution >= 4 is 45.1 Å². The number of likely N-dealkylation sites (tertiary alicyclic amines) is 1. The number of hydrogen-bond donors (Lipinski definition) is 0. The fraction of sp³-hybridized carbons (Fsp3) is 0.290. The highest BCUT2D eigenvalue weighted by Gasteiger charge is 2.29. The van der Waals surface area contributed by atoms with Crippen molar-refractivity contribution < 1.29 is 9.59 Å². The van der Waals surface area contributed by atoms with Crippen LogP contribution in [0.1, 0.15) is 54.9 Å². The first kappa shape index (κ1) is 24.5. The van der Waals surface area contributed by atoms with Crippen molar-refractivity contribution in [2.45, 2.75) is 39.0 Å². The molecule has 186 valence electrons. The van der Waals surface area contributed by atoms with Crippen LogP contribution in [0.2, 0.25) is 0 Å². The van der Waals surface area contributed by atoms with Crippen LogP contribution in [0.25, 0.3) is 33.3 Å². The molecule has 1 aliphatic heterocycles. The molecule has 0 unspecified atom stereocenters. The monoisotopic (exact) mass is 490 g/mol. The Balaban J connectivity index is 1.46. The minimum Gasteiger partial charge on any atom is -0.343 e. The third kappa shape index (κ3) is 4.90. The van der Waals surface area contributed by atoms with Crippen molar-refractivity contribution in [2.24, 2.45) is 5.92 Å². The first-order valence-electron chi connectivity index (χ1n) is 13.0. The summed E-state index contributed by atoms with van der Waals surface area (Å²) in [6, 6.07) is 18.0. The molecule has 2 aromatic heterocycles. The highest BCUT2D eigenvalue weighted by molar-refractivity contribution is 6.06. The average molecular weight is 491 g/mol. The van der Waals surface area contributed by atoms with Gasteiger partial charge in [-0.15, -0.1) is 0 Å². The maximum absolute atomic E-state index is 13.7. The van der Waals surface area contributed by atoms with Crippen molar-refractivity contribution in [2.75, 3.05) is 13.1 Å². The van der Waals surface area contributed by atoms with Gasteiger partial charge in [0.15, 0.2) is 0 Å². The first-order chi connectivity index (χ1) is 18.1. The van der Waals surface area contributed by atoms with Crippen molar-refractivity contribution in [3.05, 3.63) is 78.2 Å². The summed E-state index contributed by atoms with van der Waals surface area (Å²) in [5.74, 6) is 0.0602. The standard InChI is InChI=1S/C31H30N4O2/c1-2-3-11-30(36)34-16-13-22(14-17-34)31(37)35-21-28(27-9-4-5-10-29(27)35)25(19-32)18-23-7-6-8-24-20-33-15-12-26(23)24/h4-10,12,15,18,20-22H,2-3,11,13-14,16-17H2,1H3/b25-18+. The third-order valence-electron chi connectivity index (χ3n) is 7.32. The summed E-state index contributed by atoms with van der Waals surface area (Å²) < 4.78 is 1.71. The Hall–Kier alpha value is -4.24. The highest BCUT2D eigenvalue weighted by Crippen LogP contribution is 2.32. The fourth-order valence-corrected chi connectivity index (χ4v) is 5.23. The van der Waals surface area contributed by atoms with E-state index in [9.17, 15) is 14.9 Å². The molecule has 2 aromatic carbocycles. The van der Waals surface area contributed by atoms with E-state index in [1.54, 1.807) is 10.8 Å². The minimum atomic E-state index is -0.154. The molecule has 6 nitrogen and oxygen atoms in total. The Kier molecular flexibility index (Phi) is 7.14. The summed E-state index contributed by atoms with van der Waals surface area (Å²) in [4.78, 5) is 32.2. The molecule has 0 spiro atoms. The smallest absolute Gasteiger partial charge is 0.234 e. The molecule has 1 fully saturated rings. The van der Waals surface area contributed by atoms with Crippen LogP contribution in [0.4, 0.5) is 0 Å². The zero-order valence-electron chi connectivity index (χ0n) is 21.1. The van der Waals surface area contributed by atoms with Crippen molar-refractivity contribution in [1.82, 2.24) is 14.5 Å². The van der Waals surface area contributed by atoms with Crippen molar-refractivity contribution in [3.63, 3.8) is 0 Å². The van der Waals surface area contributed by atoms with Gasteiger partial charge in [-0.05, 0) is 48.4 Å². The molecular formula is C31H30N4O2. The number of carbonyl (C=O) groups excluding carboxylic acids is 2. The van der Waals surface area contributed by atoms with Gasteiger partial charge in [-0.25, -0.2) is 0 Å². The number of nitriles is 1. The number of hydrogen-bond acceptors (Lipinski definition) is 4. The predicted octanol–water partition coefficient (Wildman–Crippen LogP) is 6.32. The lowest BCUT2D eigenvalue weighted by atomic mass is 9.95. The Morgan fingerprint density at radius 3 is 2.68 bits per heavy atom. The zero-order valence-corrected chi connectivity index (χ0v) is 21.1. The highest BCUT2D eigenvalue weighted by atomic mass is 16.2. The number of piperidine rings is 1. The SMILES string of the molecule is CCCCC(=O)N1CCC(C(=O)n2cc(/C(C#N)=C/c3cccc4cnccc34)c3ccccc32)CC1. The second kappa shape index (κ2) is 10.8. The lowest BCUT2D eigenvalue weighted by Crippen LogP contribution is -2.41. The number of fused-ring (bicyclic) bond motifs is 2. The van der Waals surface area contributed by atoms with Crippen LogP contribution in [0.5, 0.6) is 0 Å². The van der Waals surface area contributed by atoms with Crippen LogP contribution < -0.4 is 0 Å². The largest absolute Gasteiger partial charge is 0.343 e. The van der Waals surface area contributed by atoms with Gasteiger partial charge in [-0.3, -0.25) is 19.1 Å². The summed E-state index contributed by atoms with van der Waals surface area (Å²) in [7, 11) is 0. The normalized spacial score (nSPS) is 14.7. The molecule has 0 atom stereocenters. The molecule has 1 saturated heterocycles. The molecule has 37 heavy (non-hydrogen) atoms. The van der Waals surface area contributed by atoms with E-state index in [2.05, 4.69) is 18.0 Å². The summed E-state index contributed by atoms with van der Waals surface area (Å²) >= 11 is 0. The number of rotatable bonds is 6.